The summed E-state index contributed by atoms with van der Waals surface area (Å²) in [7, 11) is 4.57. The van der Waals surface area contributed by atoms with Crippen molar-refractivity contribution >= 4 is 29.4 Å². The molecule has 0 saturated carbocycles. The lowest BCUT2D eigenvalue weighted by Gasteiger charge is -2.16. The van der Waals surface area contributed by atoms with Crippen molar-refractivity contribution < 1.29 is 23.7 Å². The van der Waals surface area contributed by atoms with Crippen LogP contribution in [0, 0.1) is 6.92 Å². The minimum absolute atomic E-state index is 0.0309. The molecule has 1 saturated heterocycles. The first-order valence-electron chi connectivity index (χ1n) is 6.06. The van der Waals surface area contributed by atoms with E-state index in [-0.39, 0.29) is 10.9 Å². The summed E-state index contributed by atoms with van der Waals surface area (Å²) in [4.78, 5) is 11.7. The molecule has 0 atom stereocenters. The van der Waals surface area contributed by atoms with E-state index in [2.05, 4.69) is 5.32 Å². The summed E-state index contributed by atoms with van der Waals surface area (Å²) in [6.45, 7) is 1.86. The molecule has 1 heterocycles. The summed E-state index contributed by atoms with van der Waals surface area (Å²) in [5, 5.41) is 2.43. The van der Waals surface area contributed by atoms with Gasteiger partial charge in [0.25, 0.3) is 11.1 Å². The van der Waals surface area contributed by atoms with E-state index >= 15 is 0 Å². The normalized spacial score (nSPS) is 15.7. The van der Waals surface area contributed by atoms with Crippen molar-refractivity contribution in [2.75, 3.05) is 21.3 Å². The zero-order valence-corrected chi connectivity index (χ0v) is 12.9. The number of thiocarbonyl (C=S) groups is 1. The largest absolute Gasteiger partial charge is 0.493 e. The third-order valence-corrected chi connectivity index (χ3v) is 3.18. The predicted octanol–water partition coefficient (Wildman–Crippen LogP) is 1.79. The van der Waals surface area contributed by atoms with Crippen LogP contribution in [0.15, 0.2) is 11.8 Å². The summed E-state index contributed by atoms with van der Waals surface area (Å²) < 4.78 is 21.1. The molecule has 1 aromatic carbocycles. The van der Waals surface area contributed by atoms with Crippen LogP contribution >= 0.6 is 12.2 Å². The number of carbonyl (C=O) groups is 1. The molecule has 2 rings (SSSR count). The van der Waals surface area contributed by atoms with E-state index in [1.807, 2.05) is 6.92 Å². The summed E-state index contributed by atoms with van der Waals surface area (Å²) >= 11 is 4.80. The molecule has 21 heavy (non-hydrogen) atoms. The van der Waals surface area contributed by atoms with Gasteiger partial charge in [-0.1, -0.05) is 0 Å². The predicted molar refractivity (Wildman–Crippen MR) is 80.6 cm³/mol. The Kier molecular flexibility index (Phi) is 4.32. The molecule has 1 N–H and O–H groups in total. The maximum absolute atomic E-state index is 11.7. The van der Waals surface area contributed by atoms with E-state index in [1.54, 1.807) is 19.3 Å². The van der Waals surface area contributed by atoms with Gasteiger partial charge in [0, 0.05) is 5.56 Å². The molecule has 1 aromatic rings. The van der Waals surface area contributed by atoms with Crippen LogP contribution in [-0.2, 0) is 9.53 Å². The highest BCUT2D eigenvalue weighted by molar-refractivity contribution is 7.80. The molecule has 7 heteroatoms. The Morgan fingerprint density at radius 2 is 1.86 bits per heavy atom. The summed E-state index contributed by atoms with van der Waals surface area (Å²) in [5.74, 6) is 1.15. The smallest absolute Gasteiger partial charge is 0.294 e. The first-order valence-corrected chi connectivity index (χ1v) is 6.47. The van der Waals surface area contributed by atoms with Crippen LogP contribution in [0.1, 0.15) is 11.1 Å². The minimum Gasteiger partial charge on any atom is -0.493 e. The van der Waals surface area contributed by atoms with E-state index in [1.165, 1.54) is 14.2 Å². The van der Waals surface area contributed by atoms with Crippen LogP contribution in [-0.4, -0.2) is 32.4 Å². The fraction of sp³-hybridized carbons (Fsp3) is 0.286. The number of benzene rings is 1. The molecule has 0 aromatic heterocycles. The maximum atomic E-state index is 11.7. The fourth-order valence-corrected chi connectivity index (χ4v) is 2.21. The zero-order valence-electron chi connectivity index (χ0n) is 12.1. The van der Waals surface area contributed by atoms with Gasteiger partial charge < -0.3 is 18.9 Å². The molecule has 1 fully saturated rings. The van der Waals surface area contributed by atoms with Gasteiger partial charge in [0.15, 0.2) is 17.3 Å². The van der Waals surface area contributed by atoms with Crippen molar-refractivity contribution in [2.45, 2.75) is 6.92 Å². The van der Waals surface area contributed by atoms with Crippen molar-refractivity contribution in [1.82, 2.24) is 5.32 Å². The summed E-state index contributed by atoms with van der Waals surface area (Å²) in [6, 6.07) is 1.79. The Morgan fingerprint density at radius 3 is 2.33 bits per heavy atom. The topological polar surface area (TPSA) is 66.0 Å². The lowest BCUT2D eigenvalue weighted by Crippen LogP contribution is -2.18. The number of aryl methyl sites for hydroxylation is 1. The van der Waals surface area contributed by atoms with Crippen LogP contribution in [0.25, 0.3) is 6.08 Å². The highest BCUT2D eigenvalue weighted by atomic mass is 32.1. The molecular weight excluding hydrogens is 294 g/mol. The van der Waals surface area contributed by atoms with Crippen LogP contribution < -0.4 is 19.5 Å². The third-order valence-electron chi connectivity index (χ3n) is 2.99. The lowest BCUT2D eigenvalue weighted by molar-refractivity contribution is -0.116. The maximum Gasteiger partial charge on any atom is 0.294 e. The Morgan fingerprint density at radius 1 is 1.19 bits per heavy atom. The number of carbonyl (C=O) groups excluding carboxylic acids is 1. The highest BCUT2D eigenvalue weighted by Crippen LogP contribution is 2.42. The van der Waals surface area contributed by atoms with Gasteiger partial charge in [-0.2, -0.15) is 0 Å². The molecule has 1 amide bonds. The van der Waals surface area contributed by atoms with Crippen LogP contribution in [0.2, 0.25) is 0 Å². The Labute approximate surface area is 127 Å². The number of hydrogen-bond donors (Lipinski definition) is 1. The number of ether oxygens (including phenoxy) is 4. The van der Waals surface area contributed by atoms with Crippen molar-refractivity contribution in [3.05, 3.63) is 23.0 Å². The lowest BCUT2D eigenvalue weighted by atomic mass is 10.0. The molecule has 0 unspecified atom stereocenters. The van der Waals surface area contributed by atoms with Gasteiger partial charge in [-0.3, -0.25) is 10.1 Å². The Hall–Kier alpha value is -2.28. The summed E-state index contributed by atoms with van der Waals surface area (Å²) in [5.41, 5.74) is 1.50. The van der Waals surface area contributed by atoms with E-state index < -0.39 is 5.91 Å². The number of hydrogen-bond acceptors (Lipinski definition) is 6. The standard InChI is InChI=1S/C14H15NO5S/c1-7-5-9(17-2)12(19-4)11(18-3)8(7)6-10-13(16)15-14(21)20-10/h5-6H,1-4H3,(H,15,16,21). The van der Waals surface area contributed by atoms with Crippen molar-refractivity contribution in [3.8, 4) is 17.2 Å². The third kappa shape index (κ3) is 2.78. The Bertz CT molecular complexity index is 639. The molecule has 6 nitrogen and oxygen atoms in total. The number of methoxy groups -OCH3 is 3. The van der Waals surface area contributed by atoms with Gasteiger partial charge in [0.1, 0.15) is 0 Å². The van der Waals surface area contributed by atoms with Crippen LogP contribution in [0.5, 0.6) is 17.2 Å². The molecule has 1 aliphatic rings. The molecule has 0 bridgehead atoms. The van der Waals surface area contributed by atoms with E-state index in [4.69, 9.17) is 31.2 Å². The highest BCUT2D eigenvalue weighted by Gasteiger charge is 2.25. The average Bonchev–Trinajstić information content (AvgIpc) is 2.78. The SMILES string of the molecule is COc1cc(C)c(C=C2OC(=S)NC2=O)c(OC)c1OC. The average molecular weight is 309 g/mol. The van der Waals surface area contributed by atoms with E-state index in [9.17, 15) is 4.79 Å². The van der Waals surface area contributed by atoms with Gasteiger partial charge >= 0.3 is 0 Å². The second-order valence-electron chi connectivity index (χ2n) is 4.23. The van der Waals surface area contributed by atoms with Crippen molar-refractivity contribution in [2.24, 2.45) is 0 Å². The number of nitrogens with one attached hydrogen (secondary N) is 1. The second kappa shape index (κ2) is 6.01. The molecule has 112 valence electrons. The Balaban J connectivity index is 2.61. The van der Waals surface area contributed by atoms with Crippen LogP contribution in [0.4, 0.5) is 0 Å². The molecular formula is C14H15NO5S. The van der Waals surface area contributed by atoms with Crippen LogP contribution in [0.3, 0.4) is 0 Å². The van der Waals surface area contributed by atoms with Crippen molar-refractivity contribution in [1.29, 1.82) is 0 Å². The fourth-order valence-electron chi connectivity index (χ4n) is 2.03. The monoisotopic (exact) mass is 309 g/mol. The quantitative estimate of drug-likeness (QED) is 0.676. The second-order valence-corrected chi connectivity index (χ2v) is 4.60. The first kappa shape index (κ1) is 15.1. The van der Waals surface area contributed by atoms with Gasteiger partial charge in [0.05, 0.1) is 21.3 Å². The van der Waals surface area contributed by atoms with E-state index in [0.717, 1.165) is 5.56 Å². The molecule has 0 spiro atoms. The van der Waals surface area contributed by atoms with E-state index in [0.29, 0.717) is 22.8 Å². The molecule has 0 aliphatic carbocycles. The minimum atomic E-state index is -0.392. The number of rotatable bonds is 4. The van der Waals surface area contributed by atoms with Gasteiger partial charge in [-0.05, 0) is 36.8 Å². The van der Waals surface area contributed by atoms with Gasteiger partial charge in [0.2, 0.25) is 5.75 Å². The number of amides is 1. The first-order chi connectivity index (χ1) is 10.0. The molecule has 1 aliphatic heterocycles. The zero-order chi connectivity index (χ0) is 15.6. The van der Waals surface area contributed by atoms with Gasteiger partial charge in [-0.25, -0.2) is 0 Å². The van der Waals surface area contributed by atoms with Crippen molar-refractivity contribution in [3.63, 3.8) is 0 Å². The van der Waals surface area contributed by atoms with Gasteiger partial charge in [-0.15, -0.1) is 0 Å². The molecule has 0 radical (unpaired) electrons. The summed E-state index contributed by atoms with van der Waals surface area (Å²) in [6.07, 6.45) is 1.56.